The normalized spacial score (nSPS) is 11.7. The van der Waals surface area contributed by atoms with Crippen molar-refractivity contribution in [2.45, 2.75) is 19.9 Å². The van der Waals surface area contributed by atoms with E-state index in [0.717, 1.165) is 5.56 Å². The fraction of sp³-hybridized carbons (Fsp3) is 0.250. The van der Waals surface area contributed by atoms with Crippen LogP contribution in [0.2, 0.25) is 0 Å². The van der Waals surface area contributed by atoms with Gasteiger partial charge in [-0.2, -0.15) is 0 Å². The van der Waals surface area contributed by atoms with Gasteiger partial charge in [-0.1, -0.05) is 12.1 Å². The molecule has 0 fully saturated rings. The highest BCUT2D eigenvalue weighted by Crippen LogP contribution is 2.18. The van der Waals surface area contributed by atoms with Crippen molar-refractivity contribution < 1.29 is 18.7 Å². The highest BCUT2D eigenvalue weighted by Gasteiger charge is 2.14. The van der Waals surface area contributed by atoms with Crippen molar-refractivity contribution in [3.05, 3.63) is 53.5 Å². The Hall–Kier alpha value is -2.76. The van der Waals surface area contributed by atoms with Crippen LogP contribution in [0, 0.1) is 6.92 Å². The minimum absolute atomic E-state index is 0.163. The zero-order valence-corrected chi connectivity index (χ0v) is 12.5. The first-order valence-electron chi connectivity index (χ1n) is 6.84. The minimum atomic E-state index is -0.529. The maximum absolute atomic E-state index is 12.0. The summed E-state index contributed by atoms with van der Waals surface area (Å²) in [5.74, 6) is 0.718. The van der Waals surface area contributed by atoms with Crippen molar-refractivity contribution in [1.29, 1.82) is 0 Å². The van der Waals surface area contributed by atoms with Crippen molar-refractivity contribution in [3.8, 4) is 5.75 Å². The summed E-state index contributed by atoms with van der Waals surface area (Å²) >= 11 is 0. The third-order valence-electron chi connectivity index (χ3n) is 3.07. The van der Waals surface area contributed by atoms with Crippen molar-refractivity contribution in [2.75, 3.05) is 6.61 Å². The molecule has 1 aromatic carbocycles. The van der Waals surface area contributed by atoms with Crippen LogP contribution in [0.3, 0.4) is 0 Å². The standard InChI is InChI=1S/C16H18N2O4/c1-10-3-8-14(22-10)16(20)18-11(2)12-4-6-13(7-5-12)21-9-15(17)19/h3-8,11H,9H2,1-2H3,(H2,17,19)(H,18,20). The molecule has 3 N–H and O–H groups in total. The van der Waals surface area contributed by atoms with Gasteiger partial charge in [-0.3, -0.25) is 9.59 Å². The first kappa shape index (κ1) is 15.6. The van der Waals surface area contributed by atoms with Crippen molar-refractivity contribution in [2.24, 2.45) is 5.73 Å². The van der Waals surface area contributed by atoms with E-state index in [0.29, 0.717) is 11.5 Å². The van der Waals surface area contributed by atoms with Crippen LogP contribution in [0.15, 0.2) is 40.8 Å². The minimum Gasteiger partial charge on any atom is -0.484 e. The molecule has 116 valence electrons. The number of carbonyl (C=O) groups is 2. The molecule has 0 aliphatic rings. The van der Waals surface area contributed by atoms with Crippen LogP contribution in [-0.4, -0.2) is 18.4 Å². The van der Waals surface area contributed by atoms with Gasteiger partial charge in [-0.25, -0.2) is 0 Å². The van der Waals surface area contributed by atoms with Crippen LogP contribution in [-0.2, 0) is 4.79 Å². The smallest absolute Gasteiger partial charge is 0.287 e. The van der Waals surface area contributed by atoms with Crippen LogP contribution in [0.25, 0.3) is 0 Å². The lowest BCUT2D eigenvalue weighted by atomic mass is 10.1. The van der Waals surface area contributed by atoms with E-state index in [4.69, 9.17) is 14.9 Å². The van der Waals surface area contributed by atoms with Gasteiger partial charge in [0.2, 0.25) is 0 Å². The summed E-state index contributed by atoms with van der Waals surface area (Å²) < 4.78 is 10.5. The third-order valence-corrected chi connectivity index (χ3v) is 3.07. The van der Waals surface area contributed by atoms with Crippen LogP contribution < -0.4 is 15.8 Å². The molecule has 1 atom stereocenters. The van der Waals surface area contributed by atoms with E-state index in [1.807, 2.05) is 19.1 Å². The van der Waals surface area contributed by atoms with Crippen LogP contribution in [0.4, 0.5) is 0 Å². The first-order chi connectivity index (χ1) is 10.5. The number of carbonyl (C=O) groups excluding carboxylic acids is 2. The monoisotopic (exact) mass is 302 g/mol. The lowest BCUT2D eigenvalue weighted by molar-refractivity contribution is -0.119. The highest BCUT2D eigenvalue weighted by molar-refractivity contribution is 5.91. The number of furan rings is 1. The van der Waals surface area contributed by atoms with E-state index in [1.165, 1.54) is 0 Å². The number of primary amides is 1. The van der Waals surface area contributed by atoms with Gasteiger partial charge < -0.3 is 20.2 Å². The van der Waals surface area contributed by atoms with E-state index >= 15 is 0 Å². The average molecular weight is 302 g/mol. The van der Waals surface area contributed by atoms with Gasteiger partial charge in [0, 0.05) is 0 Å². The Kier molecular flexibility index (Phi) is 4.83. The molecule has 0 spiro atoms. The van der Waals surface area contributed by atoms with Crippen LogP contribution in [0.1, 0.15) is 34.8 Å². The number of hydrogen-bond donors (Lipinski definition) is 2. The highest BCUT2D eigenvalue weighted by atomic mass is 16.5. The predicted molar refractivity (Wildman–Crippen MR) is 80.5 cm³/mol. The number of nitrogens with two attached hydrogens (primary N) is 1. The number of rotatable bonds is 6. The van der Waals surface area contributed by atoms with E-state index in [1.54, 1.807) is 31.2 Å². The molecular weight excluding hydrogens is 284 g/mol. The van der Waals surface area contributed by atoms with Gasteiger partial charge in [0.15, 0.2) is 12.4 Å². The molecule has 0 saturated heterocycles. The maximum atomic E-state index is 12.0. The first-order valence-corrected chi connectivity index (χ1v) is 6.84. The molecule has 2 aromatic rings. The van der Waals surface area contributed by atoms with E-state index in [9.17, 15) is 9.59 Å². The molecule has 0 saturated carbocycles. The molecule has 22 heavy (non-hydrogen) atoms. The largest absolute Gasteiger partial charge is 0.484 e. The average Bonchev–Trinajstić information content (AvgIpc) is 2.92. The number of hydrogen-bond acceptors (Lipinski definition) is 4. The second-order valence-corrected chi connectivity index (χ2v) is 4.93. The number of nitrogens with one attached hydrogen (secondary N) is 1. The van der Waals surface area contributed by atoms with Crippen LogP contribution >= 0.6 is 0 Å². The third kappa shape index (κ3) is 4.12. The summed E-state index contributed by atoms with van der Waals surface area (Å²) in [5, 5.41) is 2.85. The molecule has 1 aromatic heterocycles. The summed E-state index contributed by atoms with van der Waals surface area (Å²) in [4.78, 5) is 22.7. The number of aryl methyl sites for hydroxylation is 1. The molecular formula is C16H18N2O4. The molecule has 0 radical (unpaired) electrons. The number of benzene rings is 1. The molecule has 2 amide bonds. The Bertz CT molecular complexity index is 661. The van der Waals surface area contributed by atoms with Crippen molar-refractivity contribution in [3.63, 3.8) is 0 Å². The number of ether oxygens (including phenoxy) is 1. The molecule has 6 heteroatoms. The fourth-order valence-corrected chi connectivity index (χ4v) is 1.91. The molecule has 1 unspecified atom stereocenters. The van der Waals surface area contributed by atoms with E-state index in [2.05, 4.69) is 5.32 Å². The van der Waals surface area contributed by atoms with E-state index in [-0.39, 0.29) is 24.3 Å². The van der Waals surface area contributed by atoms with Gasteiger partial charge >= 0.3 is 0 Å². The van der Waals surface area contributed by atoms with E-state index < -0.39 is 5.91 Å². The molecule has 0 bridgehead atoms. The molecule has 1 heterocycles. The van der Waals surface area contributed by atoms with Gasteiger partial charge in [0.1, 0.15) is 11.5 Å². The second kappa shape index (κ2) is 6.80. The van der Waals surface area contributed by atoms with Gasteiger partial charge in [-0.05, 0) is 43.7 Å². The fourth-order valence-electron chi connectivity index (χ4n) is 1.91. The maximum Gasteiger partial charge on any atom is 0.287 e. The summed E-state index contributed by atoms with van der Waals surface area (Å²) in [7, 11) is 0. The molecule has 0 aliphatic heterocycles. The molecule has 0 aliphatic carbocycles. The second-order valence-electron chi connectivity index (χ2n) is 4.93. The van der Waals surface area contributed by atoms with Crippen LogP contribution in [0.5, 0.6) is 5.75 Å². The van der Waals surface area contributed by atoms with Gasteiger partial charge in [-0.15, -0.1) is 0 Å². The lowest BCUT2D eigenvalue weighted by Crippen LogP contribution is -2.26. The summed E-state index contributed by atoms with van der Waals surface area (Å²) in [6.07, 6.45) is 0. The molecule has 2 rings (SSSR count). The zero-order chi connectivity index (χ0) is 16.1. The zero-order valence-electron chi connectivity index (χ0n) is 12.5. The summed E-state index contributed by atoms with van der Waals surface area (Å²) in [5.41, 5.74) is 5.92. The topological polar surface area (TPSA) is 94.6 Å². The Morgan fingerprint density at radius 1 is 1.23 bits per heavy atom. The Balaban J connectivity index is 1.96. The Labute approximate surface area is 128 Å². The Morgan fingerprint density at radius 2 is 1.91 bits per heavy atom. The number of amides is 2. The summed E-state index contributed by atoms with van der Waals surface area (Å²) in [6, 6.07) is 10.3. The quantitative estimate of drug-likeness (QED) is 0.852. The van der Waals surface area contributed by atoms with Gasteiger partial charge in [0.25, 0.3) is 11.8 Å². The Morgan fingerprint density at radius 3 is 2.45 bits per heavy atom. The molecule has 6 nitrogen and oxygen atoms in total. The van der Waals surface area contributed by atoms with Gasteiger partial charge in [0.05, 0.1) is 6.04 Å². The summed E-state index contributed by atoms with van der Waals surface area (Å²) in [6.45, 7) is 3.49. The van der Waals surface area contributed by atoms with Crippen molar-refractivity contribution in [1.82, 2.24) is 5.32 Å². The van der Waals surface area contributed by atoms with Crippen molar-refractivity contribution >= 4 is 11.8 Å². The SMILES string of the molecule is Cc1ccc(C(=O)NC(C)c2ccc(OCC(N)=O)cc2)o1. The lowest BCUT2D eigenvalue weighted by Gasteiger charge is -2.14. The predicted octanol–water partition coefficient (Wildman–Crippen LogP) is 1.94.